The van der Waals surface area contributed by atoms with E-state index in [2.05, 4.69) is 20.4 Å². The van der Waals surface area contributed by atoms with Crippen molar-refractivity contribution in [3.05, 3.63) is 59.5 Å². The first-order valence-electron chi connectivity index (χ1n) is 8.02. The zero-order valence-corrected chi connectivity index (χ0v) is 13.9. The zero-order chi connectivity index (χ0) is 17.4. The van der Waals surface area contributed by atoms with E-state index in [0.717, 1.165) is 22.7 Å². The Bertz CT molecular complexity index is 905. The van der Waals surface area contributed by atoms with Crippen LogP contribution in [0, 0.1) is 13.8 Å². The Morgan fingerprint density at radius 2 is 1.96 bits per heavy atom. The molecule has 3 aromatic rings. The average molecular weight is 335 g/mol. The molecule has 1 unspecified atom stereocenters. The van der Waals surface area contributed by atoms with Gasteiger partial charge in [-0.2, -0.15) is 9.78 Å². The molecule has 1 amide bonds. The largest absolute Gasteiger partial charge is 0.480 e. The summed E-state index contributed by atoms with van der Waals surface area (Å²) in [5.74, 6) is 1.47. The lowest BCUT2D eigenvalue weighted by molar-refractivity contribution is -0.122. The molecule has 7 nitrogen and oxygen atoms in total. The fourth-order valence-corrected chi connectivity index (χ4v) is 2.89. The third-order valence-electron chi connectivity index (χ3n) is 3.99. The molecular weight excluding hydrogens is 318 g/mol. The number of hydrogen-bond acceptors (Lipinski definition) is 5. The number of para-hydroxylation sites is 1. The Morgan fingerprint density at radius 1 is 1.20 bits per heavy atom. The molecule has 1 aromatic carbocycles. The molecule has 1 aliphatic rings. The van der Waals surface area contributed by atoms with Crippen LogP contribution in [0.1, 0.15) is 17.0 Å². The van der Waals surface area contributed by atoms with Crippen LogP contribution in [0.2, 0.25) is 0 Å². The van der Waals surface area contributed by atoms with E-state index in [1.165, 1.54) is 4.68 Å². The highest BCUT2D eigenvalue weighted by molar-refractivity contribution is 5.94. The summed E-state index contributed by atoms with van der Waals surface area (Å²) in [6.07, 6.45) is 1.60. The van der Waals surface area contributed by atoms with Crippen LogP contribution in [0.4, 0.5) is 5.82 Å². The van der Waals surface area contributed by atoms with Crippen LogP contribution in [-0.4, -0.2) is 31.8 Å². The first kappa shape index (κ1) is 15.3. The molecule has 0 aliphatic carbocycles. The highest BCUT2D eigenvalue weighted by Gasteiger charge is 2.29. The molecule has 7 heteroatoms. The topological polar surface area (TPSA) is 81.9 Å². The summed E-state index contributed by atoms with van der Waals surface area (Å²) in [5, 5.41) is 7.09. The predicted octanol–water partition coefficient (Wildman–Crippen LogP) is 2.22. The first-order chi connectivity index (χ1) is 12.1. The van der Waals surface area contributed by atoms with E-state index < -0.39 is 6.10 Å². The molecule has 0 saturated heterocycles. The number of nitrogens with one attached hydrogen (secondary N) is 1. The highest BCUT2D eigenvalue weighted by atomic mass is 16.5. The minimum absolute atomic E-state index is 0.220. The second-order valence-corrected chi connectivity index (χ2v) is 5.99. The number of amides is 1. The summed E-state index contributed by atoms with van der Waals surface area (Å²) in [6, 6.07) is 11.3. The lowest BCUT2D eigenvalue weighted by atomic mass is 10.1. The third kappa shape index (κ3) is 2.96. The van der Waals surface area contributed by atoms with E-state index in [0.29, 0.717) is 18.2 Å². The number of fused-ring (bicyclic) bond motifs is 1. The van der Waals surface area contributed by atoms with Gasteiger partial charge < -0.3 is 10.1 Å². The van der Waals surface area contributed by atoms with Crippen molar-refractivity contribution in [2.75, 3.05) is 5.32 Å². The van der Waals surface area contributed by atoms with Gasteiger partial charge >= 0.3 is 0 Å². The van der Waals surface area contributed by atoms with E-state index in [9.17, 15) is 4.79 Å². The van der Waals surface area contributed by atoms with E-state index in [1.807, 2.05) is 44.2 Å². The van der Waals surface area contributed by atoms with Gasteiger partial charge in [-0.15, -0.1) is 0 Å². The van der Waals surface area contributed by atoms with Crippen LogP contribution < -0.4 is 10.1 Å². The molecule has 3 heterocycles. The molecule has 1 aliphatic heterocycles. The Morgan fingerprint density at radius 3 is 2.72 bits per heavy atom. The smallest absolute Gasteiger partial charge is 0.266 e. The standard InChI is InChI=1S/C18H17N5O2/c1-11-9-12(2)21-18(20-11)23-16(7-8-19-23)22-17(24)15-10-13-5-3-4-6-14(13)25-15/h3-9,15H,10H2,1-2H3,(H,22,24). The number of nitrogens with zero attached hydrogens (tertiary/aromatic N) is 4. The van der Waals surface area contributed by atoms with Gasteiger partial charge in [0.15, 0.2) is 6.10 Å². The summed E-state index contributed by atoms with van der Waals surface area (Å²) in [7, 11) is 0. The van der Waals surface area contributed by atoms with Crippen molar-refractivity contribution in [1.29, 1.82) is 0 Å². The first-order valence-corrected chi connectivity index (χ1v) is 8.02. The van der Waals surface area contributed by atoms with Gasteiger partial charge in [0.05, 0.1) is 6.20 Å². The maximum atomic E-state index is 12.6. The Kier molecular flexibility index (Phi) is 3.68. The van der Waals surface area contributed by atoms with Crippen molar-refractivity contribution in [3.8, 4) is 11.7 Å². The number of ether oxygens (including phenoxy) is 1. The summed E-state index contributed by atoms with van der Waals surface area (Å²) in [6.45, 7) is 3.78. The van der Waals surface area contributed by atoms with E-state index in [1.54, 1.807) is 12.3 Å². The molecule has 0 bridgehead atoms. The highest BCUT2D eigenvalue weighted by Crippen LogP contribution is 2.28. The average Bonchev–Trinajstić information content (AvgIpc) is 3.20. The van der Waals surface area contributed by atoms with E-state index >= 15 is 0 Å². The molecule has 2 aromatic heterocycles. The molecule has 1 N–H and O–H groups in total. The van der Waals surface area contributed by atoms with E-state index in [-0.39, 0.29) is 5.91 Å². The maximum absolute atomic E-state index is 12.6. The van der Waals surface area contributed by atoms with Crippen LogP contribution in [0.5, 0.6) is 5.75 Å². The Labute approximate surface area is 144 Å². The van der Waals surface area contributed by atoms with Crippen molar-refractivity contribution in [1.82, 2.24) is 19.7 Å². The van der Waals surface area contributed by atoms with Crippen molar-refractivity contribution in [2.24, 2.45) is 0 Å². The van der Waals surface area contributed by atoms with Gasteiger partial charge in [-0.1, -0.05) is 18.2 Å². The monoisotopic (exact) mass is 335 g/mol. The number of carbonyl (C=O) groups excluding carboxylic acids is 1. The lowest BCUT2D eigenvalue weighted by Gasteiger charge is -2.12. The van der Waals surface area contributed by atoms with Gasteiger partial charge in [-0.05, 0) is 31.5 Å². The molecule has 0 spiro atoms. The minimum atomic E-state index is -0.555. The minimum Gasteiger partial charge on any atom is -0.480 e. The second-order valence-electron chi connectivity index (χ2n) is 5.99. The number of aromatic nitrogens is 4. The van der Waals surface area contributed by atoms with Crippen molar-refractivity contribution >= 4 is 11.7 Å². The molecule has 25 heavy (non-hydrogen) atoms. The number of benzene rings is 1. The van der Waals surface area contributed by atoms with Crippen LogP contribution in [0.15, 0.2) is 42.6 Å². The Hall–Kier alpha value is -3.22. The van der Waals surface area contributed by atoms with Gasteiger partial charge in [0.1, 0.15) is 11.6 Å². The molecule has 4 rings (SSSR count). The van der Waals surface area contributed by atoms with Crippen molar-refractivity contribution in [3.63, 3.8) is 0 Å². The van der Waals surface area contributed by atoms with Crippen LogP contribution in [0.25, 0.3) is 5.95 Å². The van der Waals surface area contributed by atoms with Crippen molar-refractivity contribution in [2.45, 2.75) is 26.4 Å². The zero-order valence-electron chi connectivity index (χ0n) is 13.9. The SMILES string of the molecule is Cc1cc(C)nc(-n2nccc2NC(=O)C2Cc3ccccc3O2)n1. The quantitative estimate of drug-likeness (QED) is 0.794. The fourth-order valence-electron chi connectivity index (χ4n) is 2.89. The number of rotatable bonds is 3. The van der Waals surface area contributed by atoms with Gasteiger partial charge in [0, 0.05) is 23.9 Å². The summed E-state index contributed by atoms with van der Waals surface area (Å²) in [5.41, 5.74) is 2.71. The summed E-state index contributed by atoms with van der Waals surface area (Å²) < 4.78 is 7.24. The van der Waals surface area contributed by atoms with Gasteiger partial charge in [-0.3, -0.25) is 4.79 Å². The number of carbonyl (C=O) groups is 1. The van der Waals surface area contributed by atoms with Crippen LogP contribution in [0.3, 0.4) is 0 Å². The number of hydrogen-bond donors (Lipinski definition) is 1. The maximum Gasteiger partial charge on any atom is 0.266 e. The molecule has 0 saturated carbocycles. The molecular formula is C18H17N5O2. The summed E-state index contributed by atoms with van der Waals surface area (Å²) in [4.78, 5) is 21.3. The normalized spacial score (nSPS) is 15.5. The molecule has 0 fully saturated rings. The predicted molar refractivity (Wildman–Crippen MR) is 91.8 cm³/mol. The fraction of sp³-hybridized carbons (Fsp3) is 0.222. The summed E-state index contributed by atoms with van der Waals surface area (Å²) >= 11 is 0. The van der Waals surface area contributed by atoms with Crippen LogP contribution >= 0.6 is 0 Å². The molecule has 0 radical (unpaired) electrons. The van der Waals surface area contributed by atoms with Gasteiger partial charge in [0.2, 0.25) is 0 Å². The lowest BCUT2D eigenvalue weighted by Crippen LogP contribution is -2.32. The second kappa shape index (κ2) is 6.01. The van der Waals surface area contributed by atoms with Gasteiger partial charge in [-0.25, -0.2) is 9.97 Å². The van der Waals surface area contributed by atoms with Crippen LogP contribution in [-0.2, 0) is 11.2 Å². The number of anilines is 1. The number of aryl methyl sites for hydroxylation is 2. The van der Waals surface area contributed by atoms with Gasteiger partial charge in [0.25, 0.3) is 11.9 Å². The Balaban J connectivity index is 1.55. The third-order valence-corrected chi connectivity index (χ3v) is 3.99. The van der Waals surface area contributed by atoms with E-state index in [4.69, 9.17) is 4.74 Å². The molecule has 126 valence electrons. The van der Waals surface area contributed by atoms with Crippen molar-refractivity contribution < 1.29 is 9.53 Å². The molecule has 1 atom stereocenters.